The molecule has 0 aromatic heterocycles. The van der Waals surface area contributed by atoms with E-state index < -0.39 is 28.9 Å². The van der Waals surface area contributed by atoms with E-state index in [9.17, 15) is 24.8 Å². The van der Waals surface area contributed by atoms with Gasteiger partial charge in [-0.05, 0) is 55.5 Å². The lowest BCUT2D eigenvalue weighted by Crippen LogP contribution is -2.52. The van der Waals surface area contributed by atoms with Crippen molar-refractivity contribution in [1.82, 2.24) is 15.5 Å². The smallest absolute Gasteiger partial charge is 0.300 e. The Hall–Kier alpha value is -4.76. The third kappa shape index (κ3) is 16.0. The lowest BCUT2D eigenvalue weighted by Gasteiger charge is -2.23. The van der Waals surface area contributed by atoms with E-state index in [0.717, 1.165) is 31.1 Å². The maximum atomic E-state index is 13.0. The summed E-state index contributed by atoms with van der Waals surface area (Å²) >= 11 is 0. The number of likely N-dealkylation sites (N-methyl/N-ethyl adjacent to an activating group) is 1. The molecule has 0 aliphatic rings. The predicted molar refractivity (Wildman–Crippen MR) is 167 cm³/mol. The molecule has 2 amide bonds. The predicted octanol–water partition coefficient (Wildman–Crippen LogP) is 0.480. The molecule has 0 unspecified atom stereocenters. The van der Waals surface area contributed by atoms with E-state index in [0.29, 0.717) is 38.9 Å². The molecule has 0 heterocycles. The molecule has 0 bridgehead atoms. The Kier molecular flexibility index (Phi) is 17.1. The van der Waals surface area contributed by atoms with Crippen LogP contribution in [0.3, 0.4) is 0 Å². The summed E-state index contributed by atoms with van der Waals surface area (Å²) in [7, 11) is 0. The van der Waals surface area contributed by atoms with Gasteiger partial charge in [0.05, 0.1) is 11.0 Å². The number of aromatic hydroxyl groups is 1. The van der Waals surface area contributed by atoms with Crippen molar-refractivity contribution >= 4 is 29.4 Å². The molecular formula is C29H44N8O7. The Morgan fingerprint density at radius 2 is 1.61 bits per heavy atom. The quantitative estimate of drug-likeness (QED) is 0.0423. The van der Waals surface area contributed by atoms with Gasteiger partial charge in [0.1, 0.15) is 11.8 Å². The Labute approximate surface area is 256 Å². The topological polar surface area (TPSA) is 253 Å². The second kappa shape index (κ2) is 20.2. The monoisotopic (exact) mass is 616 g/mol. The maximum Gasteiger partial charge on any atom is 0.300 e. The normalized spacial score (nSPS) is 11.8. The fraction of sp³-hybridized carbons (Fsp3) is 0.448. The number of guanidine groups is 1. The van der Waals surface area contributed by atoms with Gasteiger partial charge in [0.2, 0.25) is 11.8 Å². The number of nitrogens with two attached hydrogens (primary N) is 3. The van der Waals surface area contributed by atoms with Crippen molar-refractivity contribution in [3.63, 3.8) is 0 Å². The van der Waals surface area contributed by atoms with Crippen molar-refractivity contribution in [2.24, 2.45) is 22.2 Å². The van der Waals surface area contributed by atoms with E-state index >= 15 is 0 Å². The number of benzene rings is 2. The van der Waals surface area contributed by atoms with Crippen molar-refractivity contribution < 1.29 is 29.5 Å². The minimum atomic E-state index is -0.882. The summed E-state index contributed by atoms with van der Waals surface area (Å²) in [6.45, 7) is 5.84. The number of rotatable bonds is 17. The van der Waals surface area contributed by atoms with Crippen molar-refractivity contribution in [2.75, 3.05) is 32.7 Å². The van der Waals surface area contributed by atoms with Crippen molar-refractivity contribution in [3.8, 4) is 5.75 Å². The first-order valence-corrected chi connectivity index (χ1v) is 14.1. The summed E-state index contributed by atoms with van der Waals surface area (Å²) < 4.78 is 0. The van der Waals surface area contributed by atoms with Crippen LogP contribution in [0.25, 0.3) is 0 Å². The van der Waals surface area contributed by atoms with Gasteiger partial charge >= 0.3 is 0 Å². The largest absolute Gasteiger partial charge is 0.508 e. The van der Waals surface area contributed by atoms with Crippen molar-refractivity contribution in [3.05, 3.63) is 69.8 Å². The van der Waals surface area contributed by atoms with E-state index in [1.54, 1.807) is 24.3 Å². The summed E-state index contributed by atoms with van der Waals surface area (Å²) in [5, 5.41) is 33.3. The van der Waals surface area contributed by atoms with Crippen LogP contribution >= 0.6 is 0 Å². The van der Waals surface area contributed by atoms with Gasteiger partial charge in [-0.15, -0.1) is 0 Å². The Balaban J connectivity index is 0.00000227. The molecule has 0 spiro atoms. The number of aliphatic carboxylic acids is 1. The number of nitrogens with zero attached hydrogens (tertiary/aromatic N) is 3. The van der Waals surface area contributed by atoms with Crippen LogP contribution in [0.15, 0.2) is 53.5 Å². The number of aliphatic imine (C=N–C) groups is 1. The zero-order valence-electron chi connectivity index (χ0n) is 25.1. The standard InChI is InChI=1S/C27H40N8O5.C2H4O2/c1-2-34(16-13-19-5-9-21(10-6-19)35(39)40)17-15-31-26(38)24(4-3-14-32-27(29)30)33-25(37)23(28)18-20-7-11-22(36)12-8-20;1-2(3)4/h5-12,23-24,36H,2-4,13-18,28H2,1H3,(H,31,38)(H,33,37)(H4,29,30,32);1H3,(H,3,4)/t23-,24+;/m0./s1. The molecular weight excluding hydrogens is 572 g/mol. The number of nitrogens with one attached hydrogen (secondary N) is 2. The number of hydrogen-bond donors (Lipinski definition) is 7. The summed E-state index contributed by atoms with van der Waals surface area (Å²) in [5.74, 6) is -1.56. The maximum absolute atomic E-state index is 13.0. The van der Waals surface area contributed by atoms with Gasteiger partial charge in [0, 0.05) is 45.2 Å². The Morgan fingerprint density at radius 3 is 2.16 bits per heavy atom. The highest BCUT2D eigenvalue weighted by Crippen LogP contribution is 2.13. The number of amides is 2. The van der Waals surface area contributed by atoms with E-state index in [1.807, 2.05) is 6.92 Å². The molecule has 44 heavy (non-hydrogen) atoms. The van der Waals surface area contributed by atoms with Crippen molar-refractivity contribution in [1.29, 1.82) is 0 Å². The van der Waals surface area contributed by atoms with E-state index in [4.69, 9.17) is 27.1 Å². The summed E-state index contributed by atoms with van der Waals surface area (Å²) in [6.07, 6.45) is 1.74. The molecule has 2 aromatic rings. The molecule has 2 aromatic carbocycles. The Bertz CT molecular complexity index is 1220. The zero-order chi connectivity index (χ0) is 33.1. The average Bonchev–Trinajstić information content (AvgIpc) is 2.97. The van der Waals surface area contributed by atoms with E-state index in [1.165, 1.54) is 24.3 Å². The lowest BCUT2D eigenvalue weighted by molar-refractivity contribution is -0.384. The zero-order valence-corrected chi connectivity index (χ0v) is 25.1. The Morgan fingerprint density at radius 1 is 1.02 bits per heavy atom. The molecule has 0 aliphatic carbocycles. The molecule has 2 atom stereocenters. The average molecular weight is 617 g/mol. The molecule has 0 radical (unpaired) electrons. The number of hydrogen-bond acceptors (Lipinski definition) is 9. The third-order valence-corrected chi connectivity index (χ3v) is 6.35. The molecule has 15 nitrogen and oxygen atoms in total. The van der Waals surface area contributed by atoms with Crippen LogP contribution in [-0.2, 0) is 27.2 Å². The number of phenols is 1. The fourth-order valence-corrected chi connectivity index (χ4v) is 3.99. The van der Waals surface area contributed by atoms with Crippen LogP contribution in [0.5, 0.6) is 5.75 Å². The number of carbonyl (C=O) groups excluding carboxylic acids is 2. The molecule has 15 heteroatoms. The minimum Gasteiger partial charge on any atom is -0.508 e. The third-order valence-electron chi connectivity index (χ3n) is 6.35. The number of nitro benzene ring substituents is 1. The fourth-order valence-electron chi connectivity index (χ4n) is 3.99. The SMILES string of the molecule is CC(=O)O.CCN(CCNC(=O)[C@@H](CCCN=C(N)N)NC(=O)[C@@H](N)Cc1ccc(O)cc1)CCc1ccc([N+](=O)[O-])cc1. The number of non-ortho nitro benzene ring substituents is 1. The van der Waals surface area contributed by atoms with Crippen LogP contribution in [0.2, 0.25) is 0 Å². The summed E-state index contributed by atoms with van der Waals surface area (Å²) in [6, 6.07) is 11.2. The van der Waals surface area contributed by atoms with Gasteiger partial charge in [-0.1, -0.05) is 31.2 Å². The molecule has 0 fully saturated rings. The molecule has 10 N–H and O–H groups in total. The highest BCUT2D eigenvalue weighted by Gasteiger charge is 2.23. The number of carboxylic acid groups (broad SMARTS) is 1. The van der Waals surface area contributed by atoms with E-state index in [2.05, 4.69) is 20.5 Å². The highest BCUT2D eigenvalue weighted by molar-refractivity contribution is 5.89. The molecule has 242 valence electrons. The molecule has 2 rings (SSSR count). The molecule has 0 aliphatic heterocycles. The van der Waals surface area contributed by atoms with Gasteiger partial charge in [-0.25, -0.2) is 0 Å². The second-order valence-corrected chi connectivity index (χ2v) is 9.90. The van der Waals surface area contributed by atoms with Gasteiger partial charge in [-0.3, -0.25) is 29.5 Å². The molecule has 0 saturated heterocycles. The van der Waals surface area contributed by atoms with Gasteiger partial charge in [0.25, 0.3) is 11.7 Å². The van der Waals surface area contributed by atoms with Crippen LogP contribution < -0.4 is 27.8 Å². The van der Waals surface area contributed by atoms with Crippen LogP contribution in [-0.4, -0.2) is 88.6 Å². The van der Waals surface area contributed by atoms with Gasteiger partial charge in [0.15, 0.2) is 5.96 Å². The molecule has 0 saturated carbocycles. The number of nitro groups is 1. The first kappa shape index (κ1) is 37.3. The lowest BCUT2D eigenvalue weighted by atomic mass is 10.0. The summed E-state index contributed by atoms with van der Waals surface area (Å²) in [5.41, 5.74) is 18.7. The van der Waals surface area contributed by atoms with Crippen molar-refractivity contribution in [2.45, 2.75) is 51.6 Å². The van der Waals surface area contributed by atoms with Crippen LogP contribution in [0, 0.1) is 10.1 Å². The van der Waals surface area contributed by atoms with Crippen LogP contribution in [0.1, 0.15) is 37.8 Å². The minimum absolute atomic E-state index is 0.0469. The number of carbonyl (C=O) groups is 3. The first-order chi connectivity index (χ1) is 20.8. The number of carboxylic acids is 1. The second-order valence-electron chi connectivity index (χ2n) is 9.90. The van der Waals surface area contributed by atoms with E-state index in [-0.39, 0.29) is 29.7 Å². The van der Waals surface area contributed by atoms with Gasteiger partial charge in [-0.2, -0.15) is 0 Å². The number of phenolic OH excluding ortho intramolecular Hbond substituents is 1. The van der Waals surface area contributed by atoms with Gasteiger partial charge < -0.3 is 42.9 Å². The highest BCUT2D eigenvalue weighted by atomic mass is 16.6. The first-order valence-electron chi connectivity index (χ1n) is 14.1. The van der Waals surface area contributed by atoms with Crippen LogP contribution in [0.4, 0.5) is 5.69 Å². The summed E-state index contributed by atoms with van der Waals surface area (Å²) in [4.78, 5) is 51.3.